The van der Waals surface area contributed by atoms with Crippen LogP contribution in [0.15, 0.2) is 35.4 Å². The molecule has 0 amide bonds. The molecule has 0 atom stereocenters. The molecule has 2 aromatic rings. The zero-order valence-electron chi connectivity index (χ0n) is 9.77. The highest BCUT2D eigenvalue weighted by atomic mass is 35.5. The summed E-state index contributed by atoms with van der Waals surface area (Å²) in [7, 11) is 0. The first kappa shape index (κ1) is 11.9. The number of rotatable bonds is 2. The van der Waals surface area contributed by atoms with E-state index in [-0.39, 0.29) is 10.7 Å². The number of nitrogens with zero attached hydrogens (tertiary/aromatic N) is 2. The Balaban J connectivity index is 2.35. The fourth-order valence-electron chi connectivity index (χ4n) is 1.64. The molecule has 0 aliphatic carbocycles. The van der Waals surface area contributed by atoms with Crippen molar-refractivity contribution in [1.29, 1.82) is 0 Å². The van der Waals surface area contributed by atoms with Gasteiger partial charge in [-0.05, 0) is 30.5 Å². The van der Waals surface area contributed by atoms with Crippen molar-refractivity contribution < 1.29 is 0 Å². The van der Waals surface area contributed by atoms with Gasteiger partial charge in [0.1, 0.15) is 0 Å². The minimum Gasteiger partial charge on any atom is -0.307 e. The van der Waals surface area contributed by atoms with Crippen molar-refractivity contribution in [3.63, 3.8) is 0 Å². The van der Waals surface area contributed by atoms with Gasteiger partial charge in [0.05, 0.1) is 6.54 Å². The van der Waals surface area contributed by atoms with E-state index in [0.29, 0.717) is 6.54 Å². The van der Waals surface area contributed by atoms with Gasteiger partial charge in [0, 0.05) is 12.4 Å². The van der Waals surface area contributed by atoms with Crippen LogP contribution in [-0.2, 0) is 6.54 Å². The first-order chi connectivity index (χ1) is 8.08. The molecule has 0 aliphatic rings. The molecular weight excluding hydrogens is 236 g/mol. The van der Waals surface area contributed by atoms with Crippen LogP contribution < -0.4 is 5.56 Å². The lowest BCUT2D eigenvalue weighted by molar-refractivity contribution is 0.747. The zero-order valence-corrected chi connectivity index (χ0v) is 10.5. The Morgan fingerprint density at radius 2 is 2.06 bits per heavy atom. The predicted octanol–water partition coefficient (Wildman–Crippen LogP) is 2.56. The van der Waals surface area contributed by atoms with Crippen molar-refractivity contribution >= 4 is 11.6 Å². The summed E-state index contributed by atoms with van der Waals surface area (Å²) < 4.78 is 1.56. The van der Waals surface area contributed by atoms with Gasteiger partial charge in [-0.3, -0.25) is 4.79 Å². The largest absolute Gasteiger partial charge is 0.307 e. The van der Waals surface area contributed by atoms with Crippen molar-refractivity contribution in [3.05, 3.63) is 62.8 Å². The Hall–Kier alpha value is -1.61. The van der Waals surface area contributed by atoms with Crippen LogP contribution in [0.2, 0.25) is 5.15 Å². The molecule has 0 spiro atoms. The van der Waals surface area contributed by atoms with E-state index in [2.05, 4.69) is 31.0 Å². The predicted molar refractivity (Wildman–Crippen MR) is 68.5 cm³/mol. The summed E-state index contributed by atoms with van der Waals surface area (Å²) in [6, 6.07) is 6.15. The molecule has 0 radical (unpaired) electrons. The highest BCUT2D eigenvalue weighted by Crippen LogP contribution is 2.10. The Bertz CT molecular complexity index is 605. The molecule has 2 rings (SSSR count). The summed E-state index contributed by atoms with van der Waals surface area (Å²) in [5.74, 6) is 0. The molecule has 1 aromatic heterocycles. The van der Waals surface area contributed by atoms with Gasteiger partial charge in [0.2, 0.25) is 0 Å². The van der Waals surface area contributed by atoms with E-state index in [1.54, 1.807) is 10.8 Å². The van der Waals surface area contributed by atoms with Gasteiger partial charge in [-0.2, -0.15) is 0 Å². The fourth-order valence-corrected chi connectivity index (χ4v) is 1.81. The molecule has 0 aliphatic heterocycles. The van der Waals surface area contributed by atoms with Gasteiger partial charge in [-0.15, -0.1) is 0 Å². The number of aromatic nitrogens is 2. The molecular formula is C13H13ClN2O. The standard InChI is InChI=1S/C13H13ClN2O/c1-9-3-4-11(7-10(9)2)8-16-6-5-15-12(14)13(16)17/h3-7H,8H2,1-2H3. The van der Waals surface area contributed by atoms with Crippen molar-refractivity contribution in [2.24, 2.45) is 0 Å². The van der Waals surface area contributed by atoms with Crippen LogP contribution in [0.1, 0.15) is 16.7 Å². The van der Waals surface area contributed by atoms with Crippen LogP contribution >= 0.6 is 11.6 Å². The summed E-state index contributed by atoms with van der Waals surface area (Å²) in [5, 5.41) is 0.0105. The SMILES string of the molecule is Cc1ccc(Cn2ccnc(Cl)c2=O)cc1C. The van der Waals surface area contributed by atoms with Crippen LogP contribution in [0.3, 0.4) is 0 Å². The number of benzene rings is 1. The van der Waals surface area contributed by atoms with Gasteiger partial charge in [0.25, 0.3) is 5.56 Å². The van der Waals surface area contributed by atoms with Gasteiger partial charge in [-0.1, -0.05) is 29.8 Å². The number of halogens is 1. The van der Waals surface area contributed by atoms with Gasteiger partial charge in [-0.25, -0.2) is 4.98 Å². The third-order valence-corrected chi connectivity index (χ3v) is 3.06. The number of hydrogen-bond acceptors (Lipinski definition) is 2. The monoisotopic (exact) mass is 248 g/mol. The Labute approximate surface area is 105 Å². The lowest BCUT2D eigenvalue weighted by Crippen LogP contribution is -2.21. The first-order valence-corrected chi connectivity index (χ1v) is 5.73. The molecule has 0 N–H and O–H groups in total. The van der Waals surface area contributed by atoms with Crippen LogP contribution in [-0.4, -0.2) is 9.55 Å². The van der Waals surface area contributed by atoms with Crippen LogP contribution in [0.4, 0.5) is 0 Å². The van der Waals surface area contributed by atoms with E-state index in [1.165, 1.54) is 17.3 Å². The van der Waals surface area contributed by atoms with Gasteiger partial charge >= 0.3 is 0 Å². The van der Waals surface area contributed by atoms with Crippen molar-refractivity contribution in [3.8, 4) is 0 Å². The highest BCUT2D eigenvalue weighted by Gasteiger charge is 2.03. The average Bonchev–Trinajstić information content (AvgIpc) is 2.30. The Morgan fingerprint density at radius 3 is 2.76 bits per heavy atom. The molecule has 4 heteroatoms. The minimum absolute atomic E-state index is 0.0105. The molecule has 17 heavy (non-hydrogen) atoms. The molecule has 1 aromatic carbocycles. The van der Waals surface area contributed by atoms with Crippen LogP contribution in [0, 0.1) is 13.8 Å². The second-order valence-corrected chi connectivity index (χ2v) is 4.43. The van der Waals surface area contributed by atoms with E-state index in [1.807, 2.05) is 6.07 Å². The van der Waals surface area contributed by atoms with Crippen LogP contribution in [0.5, 0.6) is 0 Å². The second kappa shape index (κ2) is 4.72. The van der Waals surface area contributed by atoms with Gasteiger partial charge in [0.15, 0.2) is 5.15 Å². The van der Waals surface area contributed by atoms with Crippen LogP contribution in [0.25, 0.3) is 0 Å². The second-order valence-electron chi connectivity index (χ2n) is 4.07. The third-order valence-electron chi connectivity index (χ3n) is 2.80. The van der Waals surface area contributed by atoms with E-state index in [0.717, 1.165) is 5.56 Å². The summed E-state index contributed by atoms with van der Waals surface area (Å²) in [6.07, 6.45) is 3.17. The molecule has 0 fully saturated rings. The maximum atomic E-state index is 11.7. The van der Waals surface area contributed by atoms with Crippen molar-refractivity contribution in [1.82, 2.24) is 9.55 Å². The van der Waals surface area contributed by atoms with E-state index in [4.69, 9.17) is 11.6 Å². The molecule has 0 bridgehead atoms. The normalized spacial score (nSPS) is 10.5. The summed E-state index contributed by atoms with van der Waals surface area (Å²) in [4.78, 5) is 15.4. The van der Waals surface area contributed by atoms with Crippen molar-refractivity contribution in [2.45, 2.75) is 20.4 Å². The molecule has 0 unspecified atom stereocenters. The van der Waals surface area contributed by atoms with E-state index < -0.39 is 0 Å². The number of hydrogen-bond donors (Lipinski definition) is 0. The summed E-state index contributed by atoms with van der Waals surface area (Å²) in [5.41, 5.74) is 3.29. The molecule has 3 nitrogen and oxygen atoms in total. The molecule has 0 saturated carbocycles. The Kier molecular flexibility index (Phi) is 3.29. The smallest absolute Gasteiger partial charge is 0.288 e. The van der Waals surface area contributed by atoms with E-state index >= 15 is 0 Å². The minimum atomic E-state index is -0.257. The van der Waals surface area contributed by atoms with E-state index in [9.17, 15) is 4.79 Å². The summed E-state index contributed by atoms with van der Waals surface area (Å²) >= 11 is 5.69. The molecule has 88 valence electrons. The quantitative estimate of drug-likeness (QED) is 0.819. The molecule has 1 heterocycles. The van der Waals surface area contributed by atoms with Gasteiger partial charge < -0.3 is 4.57 Å². The maximum Gasteiger partial charge on any atom is 0.288 e. The lowest BCUT2D eigenvalue weighted by Gasteiger charge is -2.07. The Morgan fingerprint density at radius 1 is 1.29 bits per heavy atom. The lowest BCUT2D eigenvalue weighted by atomic mass is 10.1. The third kappa shape index (κ3) is 2.56. The zero-order chi connectivity index (χ0) is 12.4. The average molecular weight is 249 g/mol. The topological polar surface area (TPSA) is 34.9 Å². The molecule has 0 saturated heterocycles. The highest BCUT2D eigenvalue weighted by molar-refractivity contribution is 6.29. The summed E-state index contributed by atoms with van der Waals surface area (Å²) in [6.45, 7) is 4.64. The number of aryl methyl sites for hydroxylation is 2. The first-order valence-electron chi connectivity index (χ1n) is 5.35. The fraction of sp³-hybridized carbons (Fsp3) is 0.231. The maximum absolute atomic E-state index is 11.7. The van der Waals surface area contributed by atoms with Crippen molar-refractivity contribution in [2.75, 3.05) is 0 Å².